The van der Waals surface area contributed by atoms with Gasteiger partial charge in [-0.1, -0.05) is 40.0 Å². The number of hydrogen-bond donors (Lipinski definition) is 2. The summed E-state index contributed by atoms with van der Waals surface area (Å²) in [6.45, 7) is 2.09. The summed E-state index contributed by atoms with van der Waals surface area (Å²) in [4.78, 5) is 0. The lowest BCUT2D eigenvalue weighted by Crippen LogP contribution is -2.26. The Morgan fingerprint density at radius 3 is 2.83 bits per heavy atom. The summed E-state index contributed by atoms with van der Waals surface area (Å²) in [5, 5.41) is 13.5. The Labute approximate surface area is 122 Å². The van der Waals surface area contributed by atoms with Crippen LogP contribution in [0.2, 0.25) is 5.02 Å². The molecule has 0 spiro atoms. The highest BCUT2D eigenvalue weighted by atomic mass is 79.9. The summed E-state index contributed by atoms with van der Waals surface area (Å²) < 4.78 is 1.01. The van der Waals surface area contributed by atoms with Crippen LogP contribution in [-0.2, 0) is 6.54 Å². The average molecular weight is 333 g/mol. The maximum absolute atomic E-state index is 9.27. The lowest BCUT2D eigenvalue weighted by molar-refractivity contribution is 0.192. The molecule has 0 amide bonds. The summed E-state index contributed by atoms with van der Waals surface area (Å²) >= 11 is 9.57. The van der Waals surface area contributed by atoms with Gasteiger partial charge in [0.1, 0.15) is 0 Å². The minimum Gasteiger partial charge on any atom is -0.396 e. The second-order valence-electron chi connectivity index (χ2n) is 5.00. The third-order valence-electron chi connectivity index (χ3n) is 3.79. The molecular formula is C14H19BrClNO. The van der Waals surface area contributed by atoms with E-state index in [0.717, 1.165) is 28.1 Å². The molecule has 2 rings (SSSR count). The first-order valence-corrected chi connectivity index (χ1v) is 7.63. The van der Waals surface area contributed by atoms with Crippen LogP contribution in [0, 0.1) is 11.8 Å². The molecule has 1 fully saturated rings. The number of aliphatic hydroxyl groups excluding tert-OH is 1. The molecule has 2 unspecified atom stereocenters. The van der Waals surface area contributed by atoms with Crippen LogP contribution in [0.15, 0.2) is 22.7 Å². The lowest BCUT2D eigenvalue weighted by atomic mass is 9.97. The first-order valence-electron chi connectivity index (χ1n) is 6.46. The number of rotatable bonds is 5. The zero-order valence-electron chi connectivity index (χ0n) is 10.3. The van der Waals surface area contributed by atoms with Gasteiger partial charge in [0.25, 0.3) is 0 Å². The van der Waals surface area contributed by atoms with E-state index in [-0.39, 0.29) is 0 Å². The Balaban J connectivity index is 1.81. The summed E-state index contributed by atoms with van der Waals surface area (Å²) in [6.07, 6.45) is 3.64. The maximum Gasteiger partial charge on any atom is 0.0462 e. The molecule has 0 radical (unpaired) electrons. The maximum atomic E-state index is 9.27. The molecule has 2 nitrogen and oxygen atoms in total. The fourth-order valence-electron chi connectivity index (χ4n) is 2.68. The number of hydrogen-bond acceptors (Lipinski definition) is 2. The Morgan fingerprint density at radius 1 is 1.33 bits per heavy atom. The average Bonchev–Trinajstić information content (AvgIpc) is 2.79. The topological polar surface area (TPSA) is 32.3 Å². The predicted molar refractivity (Wildman–Crippen MR) is 78.8 cm³/mol. The van der Waals surface area contributed by atoms with Crippen molar-refractivity contribution in [3.05, 3.63) is 33.3 Å². The van der Waals surface area contributed by atoms with E-state index in [2.05, 4.69) is 21.2 Å². The van der Waals surface area contributed by atoms with Crippen LogP contribution in [0.3, 0.4) is 0 Å². The monoisotopic (exact) mass is 331 g/mol. The van der Waals surface area contributed by atoms with Gasteiger partial charge in [0.2, 0.25) is 0 Å². The minimum absolute atomic E-state index is 0.325. The summed E-state index contributed by atoms with van der Waals surface area (Å²) in [6, 6.07) is 5.97. The molecule has 4 heteroatoms. The SMILES string of the molecule is OCC1CCCC1CNCc1ccc(Br)cc1Cl. The van der Waals surface area contributed by atoms with Gasteiger partial charge >= 0.3 is 0 Å². The smallest absolute Gasteiger partial charge is 0.0462 e. The molecule has 18 heavy (non-hydrogen) atoms. The first kappa shape index (κ1) is 14.3. The van der Waals surface area contributed by atoms with Gasteiger partial charge in [0, 0.05) is 22.6 Å². The molecule has 1 saturated carbocycles. The Bertz CT molecular complexity index is 399. The molecule has 0 saturated heterocycles. The van der Waals surface area contributed by atoms with Crippen LogP contribution in [-0.4, -0.2) is 18.3 Å². The van der Waals surface area contributed by atoms with Crippen molar-refractivity contribution in [3.63, 3.8) is 0 Å². The summed E-state index contributed by atoms with van der Waals surface area (Å²) in [5.74, 6) is 1.10. The van der Waals surface area contributed by atoms with Crippen LogP contribution in [0.25, 0.3) is 0 Å². The van der Waals surface area contributed by atoms with E-state index in [9.17, 15) is 5.11 Å². The van der Waals surface area contributed by atoms with Gasteiger partial charge in [-0.15, -0.1) is 0 Å². The van der Waals surface area contributed by atoms with Gasteiger partial charge in [0.05, 0.1) is 0 Å². The second-order valence-corrected chi connectivity index (χ2v) is 6.32. The van der Waals surface area contributed by atoms with E-state index in [1.165, 1.54) is 19.3 Å². The van der Waals surface area contributed by atoms with Crippen LogP contribution >= 0.6 is 27.5 Å². The van der Waals surface area contributed by atoms with E-state index in [0.29, 0.717) is 18.4 Å². The van der Waals surface area contributed by atoms with Crippen molar-refractivity contribution >= 4 is 27.5 Å². The molecule has 2 atom stereocenters. The second kappa shape index (κ2) is 6.90. The van der Waals surface area contributed by atoms with Crippen molar-refractivity contribution in [2.75, 3.05) is 13.2 Å². The van der Waals surface area contributed by atoms with Gasteiger partial charge in [-0.3, -0.25) is 0 Å². The highest BCUT2D eigenvalue weighted by molar-refractivity contribution is 9.10. The molecule has 1 aliphatic rings. The third kappa shape index (κ3) is 3.70. The van der Waals surface area contributed by atoms with Gasteiger partial charge < -0.3 is 10.4 Å². The van der Waals surface area contributed by atoms with E-state index >= 15 is 0 Å². The molecule has 0 aromatic heterocycles. The highest BCUT2D eigenvalue weighted by Crippen LogP contribution is 2.30. The lowest BCUT2D eigenvalue weighted by Gasteiger charge is -2.18. The van der Waals surface area contributed by atoms with Gasteiger partial charge in [-0.25, -0.2) is 0 Å². The van der Waals surface area contributed by atoms with Crippen molar-refractivity contribution in [1.82, 2.24) is 5.32 Å². The van der Waals surface area contributed by atoms with Crippen molar-refractivity contribution in [2.24, 2.45) is 11.8 Å². The first-order chi connectivity index (χ1) is 8.70. The molecule has 1 aromatic rings. The molecule has 0 bridgehead atoms. The van der Waals surface area contributed by atoms with Crippen molar-refractivity contribution in [2.45, 2.75) is 25.8 Å². The standard InChI is InChI=1S/C14H19BrClNO/c15-13-5-4-11(14(16)6-13)8-17-7-10-2-1-3-12(10)9-18/h4-6,10,12,17-18H,1-3,7-9H2. The predicted octanol–water partition coefficient (Wildman–Crippen LogP) is 3.60. The fraction of sp³-hybridized carbons (Fsp3) is 0.571. The number of benzene rings is 1. The summed E-state index contributed by atoms with van der Waals surface area (Å²) in [5.41, 5.74) is 1.12. The largest absolute Gasteiger partial charge is 0.396 e. The quantitative estimate of drug-likeness (QED) is 0.863. The van der Waals surface area contributed by atoms with Crippen LogP contribution < -0.4 is 5.32 Å². The van der Waals surface area contributed by atoms with E-state index in [1.54, 1.807) is 0 Å². The summed E-state index contributed by atoms with van der Waals surface area (Å²) in [7, 11) is 0. The zero-order valence-corrected chi connectivity index (χ0v) is 12.7. The van der Waals surface area contributed by atoms with Gasteiger partial charge in [0.15, 0.2) is 0 Å². The minimum atomic E-state index is 0.325. The molecule has 0 aliphatic heterocycles. The molecule has 100 valence electrons. The van der Waals surface area contributed by atoms with Gasteiger partial charge in [-0.2, -0.15) is 0 Å². The van der Waals surface area contributed by atoms with E-state index < -0.39 is 0 Å². The number of halogens is 2. The number of aliphatic hydroxyl groups is 1. The van der Waals surface area contributed by atoms with Crippen LogP contribution in [0.4, 0.5) is 0 Å². The highest BCUT2D eigenvalue weighted by Gasteiger charge is 2.25. The molecule has 2 N–H and O–H groups in total. The molecular weight excluding hydrogens is 314 g/mol. The Hall–Kier alpha value is -0.0900. The Kier molecular flexibility index (Phi) is 5.49. The van der Waals surface area contributed by atoms with Crippen molar-refractivity contribution < 1.29 is 5.11 Å². The van der Waals surface area contributed by atoms with Crippen molar-refractivity contribution in [3.8, 4) is 0 Å². The van der Waals surface area contributed by atoms with Gasteiger partial charge in [-0.05, 0) is 48.9 Å². The van der Waals surface area contributed by atoms with Crippen molar-refractivity contribution in [1.29, 1.82) is 0 Å². The molecule has 0 heterocycles. The Morgan fingerprint density at radius 2 is 2.11 bits per heavy atom. The normalized spacial score (nSPS) is 23.5. The third-order valence-corrected chi connectivity index (χ3v) is 4.63. The number of nitrogens with one attached hydrogen (secondary N) is 1. The van der Waals surface area contributed by atoms with Crippen LogP contribution in [0.5, 0.6) is 0 Å². The fourth-order valence-corrected chi connectivity index (χ4v) is 3.42. The van der Waals surface area contributed by atoms with E-state index in [4.69, 9.17) is 11.6 Å². The molecule has 1 aromatic carbocycles. The van der Waals surface area contributed by atoms with Crippen LogP contribution in [0.1, 0.15) is 24.8 Å². The molecule has 1 aliphatic carbocycles. The van der Waals surface area contributed by atoms with E-state index in [1.807, 2.05) is 18.2 Å². The zero-order chi connectivity index (χ0) is 13.0.